The Labute approximate surface area is 236 Å². The third-order valence-corrected chi connectivity index (χ3v) is 8.95. The highest BCUT2D eigenvalue weighted by molar-refractivity contribution is 9.09. The van der Waals surface area contributed by atoms with Crippen LogP contribution in [0.5, 0.6) is 5.75 Å². The van der Waals surface area contributed by atoms with Crippen LogP contribution in [0.3, 0.4) is 0 Å². The van der Waals surface area contributed by atoms with E-state index < -0.39 is 41.5 Å². The predicted octanol–water partition coefficient (Wildman–Crippen LogP) is 3.41. The van der Waals surface area contributed by atoms with E-state index in [-0.39, 0.29) is 23.2 Å². The first-order valence-corrected chi connectivity index (χ1v) is 14.2. The number of hydrogen-bond acceptors (Lipinski definition) is 6. The molecule has 0 aromatic heterocycles. The second kappa shape index (κ2) is 10.6. The minimum absolute atomic E-state index is 0.224. The number of carbonyl (C=O) groups excluding carboxylic acids is 3. The first-order valence-electron chi connectivity index (χ1n) is 13.3. The molecule has 10 heteroatoms. The summed E-state index contributed by atoms with van der Waals surface area (Å²) in [6.07, 6.45) is -0.190. The quantitative estimate of drug-likeness (QED) is 0.400. The van der Waals surface area contributed by atoms with Gasteiger partial charge >= 0.3 is 0 Å². The Morgan fingerprint density at radius 3 is 2.56 bits per heavy atom. The van der Waals surface area contributed by atoms with E-state index in [1.54, 1.807) is 31.2 Å². The number of nitrogens with zero attached hydrogens (tertiary/aromatic N) is 1. The van der Waals surface area contributed by atoms with Crippen LogP contribution in [0, 0.1) is 25.7 Å². The van der Waals surface area contributed by atoms with E-state index in [1.807, 2.05) is 39.0 Å². The van der Waals surface area contributed by atoms with Gasteiger partial charge in [-0.15, -0.1) is 0 Å². The highest BCUT2D eigenvalue weighted by Gasteiger charge is 2.76. The largest absolute Gasteiger partial charge is 0.494 e. The summed E-state index contributed by atoms with van der Waals surface area (Å²) in [5.41, 5.74) is 1.89. The summed E-state index contributed by atoms with van der Waals surface area (Å²) in [4.78, 5) is 42.8. The molecule has 2 aromatic rings. The molecule has 208 valence electrons. The lowest BCUT2D eigenvalue weighted by atomic mass is 9.70. The van der Waals surface area contributed by atoms with E-state index in [2.05, 4.69) is 26.6 Å². The lowest BCUT2D eigenvalue weighted by Crippen LogP contribution is -2.56. The number of alkyl halides is 1. The van der Waals surface area contributed by atoms with Crippen molar-refractivity contribution in [1.82, 2.24) is 4.90 Å². The number of aliphatic hydroxyl groups excluding tert-OH is 1. The van der Waals surface area contributed by atoms with Gasteiger partial charge in [0.05, 0.1) is 37.2 Å². The summed E-state index contributed by atoms with van der Waals surface area (Å²) in [6, 6.07) is 11.1. The third-order valence-electron chi connectivity index (χ3n) is 8.10. The zero-order chi connectivity index (χ0) is 28.1. The van der Waals surface area contributed by atoms with Crippen molar-refractivity contribution < 1.29 is 29.0 Å². The Bertz CT molecular complexity index is 1290. The van der Waals surface area contributed by atoms with Gasteiger partial charge in [-0.3, -0.25) is 14.4 Å². The average molecular weight is 601 g/mol. The van der Waals surface area contributed by atoms with Crippen molar-refractivity contribution in [2.45, 2.75) is 62.7 Å². The number of benzene rings is 2. The predicted molar refractivity (Wildman–Crippen MR) is 150 cm³/mol. The molecule has 9 nitrogen and oxygen atoms in total. The average Bonchev–Trinajstić information content (AvgIpc) is 3.50. The lowest BCUT2D eigenvalue weighted by molar-refractivity contribution is -0.142. The van der Waals surface area contributed by atoms with Crippen molar-refractivity contribution in [3.63, 3.8) is 0 Å². The molecule has 1 spiro atoms. The van der Waals surface area contributed by atoms with E-state index in [9.17, 15) is 19.5 Å². The highest BCUT2D eigenvalue weighted by atomic mass is 79.9. The van der Waals surface area contributed by atoms with Gasteiger partial charge in [0, 0.05) is 16.2 Å². The summed E-state index contributed by atoms with van der Waals surface area (Å²) in [6.45, 7) is 7.64. The highest BCUT2D eigenvalue weighted by Crippen LogP contribution is 2.60. The van der Waals surface area contributed by atoms with Crippen LogP contribution in [0.15, 0.2) is 42.5 Å². The van der Waals surface area contributed by atoms with Gasteiger partial charge in [0.25, 0.3) is 0 Å². The SMILES string of the molecule is CCOc1ccc(NC(=O)[C@H]2[C@@H]3OC4(CC3Br)C(C(=O)Nc3cc(C)ccc3C)N([C@H](C)CO)C(=O)[C@H]24)cc1. The van der Waals surface area contributed by atoms with Gasteiger partial charge in [-0.25, -0.2) is 0 Å². The smallest absolute Gasteiger partial charge is 0.250 e. The van der Waals surface area contributed by atoms with E-state index in [1.165, 1.54) is 4.90 Å². The maximum Gasteiger partial charge on any atom is 0.250 e. The van der Waals surface area contributed by atoms with Crippen LogP contribution in [0.2, 0.25) is 0 Å². The fourth-order valence-electron chi connectivity index (χ4n) is 6.33. The van der Waals surface area contributed by atoms with Gasteiger partial charge < -0.3 is 30.1 Å². The summed E-state index contributed by atoms with van der Waals surface area (Å²) in [5, 5.41) is 16.0. The molecule has 3 fully saturated rings. The molecule has 3 heterocycles. The first kappa shape index (κ1) is 27.6. The molecular weight excluding hydrogens is 566 g/mol. The lowest BCUT2D eigenvalue weighted by Gasteiger charge is -2.35. The minimum atomic E-state index is -1.21. The molecule has 0 saturated carbocycles. The fourth-order valence-corrected chi connectivity index (χ4v) is 7.27. The van der Waals surface area contributed by atoms with Gasteiger partial charge in [0.2, 0.25) is 17.7 Å². The summed E-state index contributed by atoms with van der Waals surface area (Å²) < 4.78 is 12.0. The summed E-state index contributed by atoms with van der Waals surface area (Å²) in [5.74, 6) is -2.08. The number of rotatable bonds is 8. The van der Waals surface area contributed by atoms with Crippen molar-refractivity contribution in [3.05, 3.63) is 53.6 Å². The Hall–Kier alpha value is -2.95. The molecule has 3 saturated heterocycles. The summed E-state index contributed by atoms with van der Waals surface area (Å²) >= 11 is 3.67. The molecule has 3 N–H and O–H groups in total. The molecule has 5 rings (SSSR count). The molecule has 3 aliphatic heterocycles. The number of ether oxygens (including phenoxy) is 2. The van der Waals surface area contributed by atoms with Crippen LogP contribution in [-0.4, -0.2) is 69.6 Å². The molecule has 2 aromatic carbocycles. The third kappa shape index (κ3) is 4.62. The number of hydrogen-bond donors (Lipinski definition) is 3. The second-order valence-electron chi connectivity index (χ2n) is 10.7. The minimum Gasteiger partial charge on any atom is -0.494 e. The van der Waals surface area contributed by atoms with Gasteiger partial charge in [-0.2, -0.15) is 0 Å². The van der Waals surface area contributed by atoms with Crippen LogP contribution in [0.4, 0.5) is 11.4 Å². The van der Waals surface area contributed by atoms with Crippen LogP contribution in [0.25, 0.3) is 0 Å². The molecule has 3 aliphatic rings. The van der Waals surface area contributed by atoms with Crippen LogP contribution >= 0.6 is 15.9 Å². The van der Waals surface area contributed by atoms with Crippen molar-refractivity contribution in [1.29, 1.82) is 0 Å². The van der Waals surface area contributed by atoms with E-state index in [4.69, 9.17) is 9.47 Å². The monoisotopic (exact) mass is 599 g/mol. The zero-order valence-electron chi connectivity index (χ0n) is 22.4. The zero-order valence-corrected chi connectivity index (χ0v) is 24.0. The van der Waals surface area contributed by atoms with Crippen molar-refractivity contribution in [2.24, 2.45) is 11.8 Å². The fraction of sp³-hybridized carbons (Fsp3) is 0.483. The van der Waals surface area contributed by atoms with E-state index in [0.717, 1.165) is 11.1 Å². The Kier molecular flexibility index (Phi) is 7.47. The molecule has 39 heavy (non-hydrogen) atoms. The van der Waals surface area contributed by atoms with Crippen molar-refractivity contribution >= 4 is 45.0 Å². The number of halogens is 1. The first-order chi connectivity index (χ1) is 18.6. The maximum atomic E-state index is 14.0. The van der Waals surface area contributed by atoms with Gasteiger partial charge in [-0.05, 0) is 75.6 Å². The molecule has 2 bridgehead atoms. The number of amides is 3. The van der Waals surface area contributed by atoms with Crippen LogP contribution in [0.1, 0.15) is 31.4 Å². The number of carbonyl (C=O) groups is 3. The molecule has 0 radical (unpaired) electrons. The standard InChI is InChI=1S/C29H34BrN3O6/c1-5-38-19-10-8-18(9-11-19)31-26(35)22-23-28(37)33(17(4)14-34)25(29(23)13-20(30)24(22)39-29)27(36)32-21-12-15(2)6-7-16(21)3/h6-12,17,20,22-25,34H,5,13-14H2,1-4H3,(H,31,35)(H,32,36)/t17-,20?,22-,23+,24-,25?,29?/m1/s1. The number of aryl methyl sites for hydroxylation is 2. The normalized spacial score (nSPS) is 29.7. The van der Waals surface area contributed by atoms with E-state index in [0.29, 0.717) is 30.2 Å². The molecule has 7 atom stereocenters. The second-order valence-corrected chi connectivity index (χ2v) is 11.9. The van der Waals surface area contributed by atoms with Gasteiger partial charge in [0.15, 0.2) is 0 Å². The number of fused-ring (bicyclic) bond motifs is 1. The summed E-state index contributed by atoms with van der Waals surface area (Å²) in [7, 11) is 0. The Morgan fingerprint density at radius 1 is 1.18 bits per heavy atom. The molecule has 3 unspecified atom stereocenters. The van der Waals surface area contributed by atoms with E-state index >= 15 is 0 Å². The van der Waals surface area contributed by atoms with Crippen LogP contribution in [-0.2, 0) is 19.1 Å². The maximum absolute atomic E-state index is 14.0. The number of anilines is 2. The van der Waals surface area contributed by atoms with Gasteiger partial charge in [0.1, 0.15) is 17.4 Å². The molecule has 0 aliphatic carbocycles. The number of likely N-dealkylation sites (tertiary alicyclic amines) is 1. The van der Waals surface area contributed by atoms with Crippen molar-refractivity contribution in [3.8, 4) is 5.75 Å². The Morgan fingerprint density at radius 2 is 1.90 bits per heavy atom. The number of aliphatic hydroxyl groups is 1. The van der Waals surface area contributed by atoms with Crippen molar-refractivity contribution in [2.75, 3.05) is 23.8 Å². The Balaban J connectivity index is 1.47. The topological polar surface area (TPSA) is 117 Å². The van der Waals surface area contributed by atoms with Gasteiger partial charge in [-0.1, -0.05) is 28.1 Å². The molecular formula is C29H34BrN3O6. The molecule has 3 amide bonds. The number of nitrogens with one attached hydrogen (secondary N) is 2. The van der Waals surface area contributed by atoms with Crippen LogP contribution < -0.4 is 15.4 Å².